The van der Waals surface area contributed by atoms with Gasteiger partial charge in [-0.1, -0.05) is 54.1 Å². The highest BCUT2D eigenvalue weighted by molar-refractivity contribution is 6.34. The molecule has 0 aromatic heterocycles. The van der Waals surface area contributed by atoms with Crippen LogP contribution < -0.4 is 0 Å². The Morgan fingerprint density at radius 1 is 1.16 bits per heavy atom. The second-order valence-corrected chi connectivity index (χ2v) is 6.21. The van der Waals surface area contributed by atoms with Crippen LogP contribution in [0.25, 0.3) is 0 Å². The highest BCUT2D eigenvalue weighted by atomic mass is 35.5. The summed E-state index contributed by atoms with van der Waals surface area (Å²) in [7, 11) is 1.59. The molecule has 25 heavy (non-hydrogen) atoms. The molecule has 3 amide bonds. The third-order valence-corrected chi connectivity index (χ3v) is 4.58. The smallest absolute Gasteiger partial charge is 0.327 e. The van der Waals surface area contributed by atoms with Crippen LogP contribution in [0.15, 0.2) is 54.6 Å². The minimum absolute atomic E-state index is 0.323. The topological polar surface area (TPSA) is 49.9 Å². The second kappa shape index (κ2) is 7.68. The number of urea groups is 1. The summed E-state index contributed by atoms with van der Waals surface area (Å²) >= 11 is 6.17. The largest absolute Gasteiger partial charge is 0.383 e. The van der Waals surface area contributed by atoms with Gasteiger partial charge in [0.25, 0.3) is 5.91 Å². The Balaban J connectivity index is 1.96. The first kappa shape index (κ1) is 17.5. The Morgan fingerprint density at radius 3 is 2.52 bits per heavy atom. The van der Waals surface area contributed by atoms with E-state index in [-0.39, 0.29) is 18.0 Å². The minimum atomic E-state index is -0.385. The molecule has 0 bridgehead atoms. The third kappa shape index (κ3) is 3.52. The minimum Gasteiger partial charge on any atom is -0.383 e. The molecule has 1 aliphatic heterocycles. The first-order chi connectivity index (χ1) is 12.1. The number of nitrogens with zero attached hydrogens (tertiary/aromatic N) is 2. The molecule has 1 atom stereocenters. The lowest BCUT2D eigenvalue weighted by Gasteiger charge is -2.22. The number of carbonyl (C=O) groups excluding carboxylic acids is 2. The van der Waals surface area contributed by atoms with Crippen LogP contribution in [0, 0.1) is 0 Å². The van der Waals surface area contributed by atoms with E-state index in [2.05, 4.69) is 0 Å². The fourth-order valence-corrected chi connectivity index (χ4v) is 3.18. The summed E-state index contributed by atoms with van der Waals surface area (Å²) in [6.07, 6.45) is 0. The summed E-state index contributed by atoms with van der Waals surface area (Å²) in [6.45, 7) is 1.29. The van der Waals surface area contributed by atoms with Gasteiger partial charge >= 0.3 is 6.03 Å². The van der Waals surface area contributed by atoms with Crippen LogP contribution in [0.1, 0.15) is 22.0 Å². The molecule has 0 aliphatic carbocycles. The van der Waals surface area contributed by atoms with Crippen LogP contribution in [-0.2, 0) is 4.74 Å². The van der Waals surface area contributed by atoms with Gasteiger partial charge in [-0.3, -0.25) is 9.69 Å². The Morgan fingerprint density at radius 2 is 1.84 bits per heavy atom. The summed E-state index contributed by atoms with van der Waals surface area (Å²) in [5, 5.41) is 0.336. The maximum absolute atomic E-state index is 13.0. The van der Waals surface area contributed by atoms with Gasteiger partial charge in [-0.25, -0.2) is 4.79 Å². The first-order valence-corrected chi connectivity index (χ1v) is 8.42. The maximum atomic E-state index is 13.0. The lowest BCUT2D eigenvalue weighted by atomic mass is 10.1. The summed E-state index contributed by atoms with van der Waals surface area (Å²) in [4.78, 5) is 28.8. The summed E-state index contributed by atoms with van der Waals surface area (Å²) in [6, 6.07) is 15.6. The zero-order chi connectivity index (χ0) is 17.8. The lowest BCUT2D eigenvalue weighted by Crippen LogP contribution is -2.38. The number of hydrogen-bond acceptors (Lipinski definition) is 3. The van der Waals surface area contributed by atoms with Gasteiger partial charge in [0.1, 0.15) is 0 Å². The number of carbonyl (C=O) groups is 2. The molecule has 0 saturated carbocycles. The van der Waals surface area contributed by atoms with E-state index in [1.807, 2.05) is 30.3 Å². The Kier molecular flexibility index (Phi) is 5.36. The van der Waals surface area contributed by atoms with Gasteiger partial charge in [0.15, 0.2) is 0 Å². The Hall–Kier alpha value is -2.37. The molecule has 130 valence electrons. The van der Waals surface area contributed by atoms with Crippen LogP contribution >= 0.6 is 11.6 Å². The normalized spacial score (nSPS) is 17.2. The Labute approximate surface area is 151 Å². The monoisotopic (exact) mass is 358 g/mol. The van der Waals surface area contributed by atoms with E-state index >= 15 is 0 Å². The van der Waals surface area contributed by atoms with E-state index in [1.54, 1.807) is 36.3 Å². The number of hydrogen-bond donors (Lipinski definition) is 0. The van der Waals surface area contributed by atoms with Gasteiger partial charge < -0.3 is 9.64 Å². The third-order valence-electron chi connectivity index (χ3n) is 4.25. The van der Waals surface area contributed by atoms with Crippen molar-refractivity contribution in [2.24, 2.45) is 0 Å². The maximum Gasteiger partial charge on any atom is 0.327 e. The average Bonchev–Trinajstić information content (AvgIpc) is 2.97. The highest BCUT2D eigenvalue weighted by Gasteiger charge is 2.42. The summed E-state index contributed by atoms with van der Waals surface area (Å²) < 4.78 is 5.07. The van der Waals surface area contributed by atoms with E-state index in [4.69, 9.17) is 16.3 Å². The van der Waals surface area contributed by atoms with E-state index in [0.29, 0.717) is 30.3 Å². The molecule has 1 saturated heterocycles. The van der Waals surface area contributed by atoms with Crippen LogP contribution in [0.2, 0.25) is 5.02 Å². The van der Waals surface area contributed by atoms with Gasteiger partial charge in [0, 0.05) is 20.2 Å². The number of benzene rings is 2. The van der Waals surface area contributed by atoms with E-state index < -0.39 is 0 Å². The number of imide groups is 1. The summed E-state index contributed by atoms with van der Waals surface area (Å²) in [5.74, 6) is -0.385. The van der Waals surface area contributed by atoms with Gasteiger partial charge in [-0.15, -0.1) is 0 Å². The van der Waals surface area contributed by atoms with Crippen molar-refractivity contribution in [1.82, 2.24) is 9.80 Å². The first-order valence-electron chi connectivity index (χ1n) is 8.04. The van der Waals surface area contributed by atoms with E-state index in [1.165, 1.54) is 4.90 Å². The van der Waals surface area contributed by atoms with Gasteiger partial charge in [-0.05, 0) is 17.7 Å². The number of halogens is 1. The van der Waals surface area contributed by atoms with Crippen molar-refractivity contribution >= 4 is 23.5 Å². The van der Waals surface area contributed by atoms with Crippen molar-refractivity contribution in [3.05, 3.63) is 70.7 Å². The predicted molar refractivity (Wildman–Crippen MR) is 95.6 cm³/mol. The average molecular weight is 359 g/mol. The van der Waals surface area contributed by atoms with Crippen LogP contribution in [0.4, 0.5) is 4.79 Å². The molecule has 0 N–H and O–H groups in total. The molecule has 1 unspecified atom stereocenters. The number of ether oxygens (including phenoxy) is 1. The van der Waals surface area contributed by atoms with Crippen molar-refractivity contribution < 1.29 is 14.3 Å². The molecule has 0 radical (unpaired) electrons. The molecule has 0 spiro atoms. The standard InChI is InChI=1S/C19H19ClN2O3/c1-25-12-11-21-13-17(14-7-3-2-4-8-14)22(19(21)24)18(23)15-9-5-6-10-16(15)20/h2-10,17H,11-13H2,1H3. The molecule has 6 heteroatoms. The molecular weight excluding hydrogens is 340 g/mol. The molecule has 1 heterocycles. The molecular formula is C19H19ClN2O3. The number of amides is 3. The quantitative estimate of drug-likeness (QED) is 0.820. The zero-order valence-electron chi connectivity index (χ0n) is 13.9. The summed E-state index contributed by atoms with van der Waals surface area (Å²) in [5.41, 5.74) is 1.24. The van der Waals surface area contributed by atoms with Gasteiger partial charge in [0.2, 0.25) is 0 Å². The fourth-order valence-electron chi connectivity index (χ4n) is 2.97. The molecule has 2 aromatic carbocycles. The molecule has 2 aromatic rings. The lowest BCUT2D eigenvalue weighted by molar-refractivity contribution is 0.0779. The van der Waals surface area contributed by atoms with Crippen LogP contribution in [0.3, 0.4) is 0 Å². The SMILES string of the molecule is COCCN1CC(c2ccccc2)N(C(=O)c2ccccc2Cl)C1=O. The fraction of sp³-hybridized carbons (Fsp3) is 0.263. The predicted octanol–water partition coefficient (Wildman–Crippen LogP) is 3.61. The second-order valence-electron chi connectivity index (χ2n) is 5.80. The van der Waals surface area contributed by atoms with Crippen molar-refractivity contribution in [3.63, 3.8) is 0 Å². The molecule has 1 fully saturated rings. The highest BCUT2D eigenvalue weighted by Crippen LogP contribution is 2.32. The Bertz CT molecular complexity index is 766. The van der Waals surface area contributed by atoms with Gasteiger partial charge in [0.05, 0.1) is 23.2 Å². The van der Waals surface area contributed by atoms with Crippen LogP contribution in [-0.4, -0.2) is 48.5 Å². The van der Waals surface area contributed by atoms with Crippen LogP contribution in [0.5, 0.6) is 0 Å². The van der Waals surface area contributed by atoms with E-state index in [9.17, 15) is 9.59 Å². The van der Waals surface area contributed by atoms with E-state index in [0.717, 1.165) is 5.56 Å². The molecule has 3 rings (SSSR count). The number of rotatable bonds is 5. The van der Waals surface area contributed by atoms with Gasteiger partial charge in [-0.2, -0.15) is 0 Å². The molecule has 5 nitrogen and oxygen atoms in total. The number of methoxy groups -OCH3 is 1. The van der Waals surface area contributed by atoms with Crippen molar-refractivity contribution in [3.8, 4) is 0 Å². The molecule has 1 aliphatic rings. The van der Waals surface area contributed by atoms with Crippen molar-refractivity contribution in [2.45, 2.75) is 6.04 Å². The van der Waals surface area contributed by atoms with Crippen molar-refractivity contribution in [2.75, 3.05) is 26.8 Å². The van der Waals surface area contributed by atoms with Crippen molar-refractivity contribution in [1.29, 1.82) is 0 Å². The zero-order valence-corrected chi connectivity index (χ0v) is 14.6.